The van der Waals surface area contributed by atoms with Crippen LogP contribution in [0.15, 0.2) is 53.4 Å². The molecule has 0 bridgehead atoms. The number of ether oxygens (including phenoxy) is 1. The molecule has 144 valence electrons. The summed E-state index contributed by atoms with van der Waals surface area (Å²) in [5.41, 5.74) is 1.56. The Hall–Kier alpha value is -1.93. The largest absolute Gasteiger partial charge is 0.370 e. The summed E-state index contributed by atoms with van der Waals surface area (Å²) < 4.78 is 33.1. The van der Waals surface area contributed by atoms with Gasteiger partial charge in [-0.1, -0.05) is 48.0 Å². The number of halogens is 1. The second kappa shape index (κ2) is 8.39. The van der Waals surface area contributed by atoms with E-state index in [2.05, 4.69) is 4.72 Å². The first-order valence-corrected chi connectivity index (χ1v) is 10.4. The summed E-state index contributed by atoms with van der Waals surface area (Å²) in [6, 6.07) is 14.3. The molecule has 2 aromatic carbocycles. The van der Waals surface area contributed by atoms with Crippen molar-refractivity contribution < 1.29 is 17.9 Å². The van der Waals surface area contributed by atoms with Crippen LogP contribution in [0.1, 0.15) is 17.2 Å². The van der Waals surface area contributed by atoms with Crippen LogP contribution in [0.4, 0.5) is 0 Å². The summed E-state index contributed by atoms with van der Waals surface area (Å²) >= 11 is 5.90. The standard InChI is InChI=1S/C19H21ClN2O4S/c1-14-7-8-16(20)11-18(14)27(24,25)21-12-19(23)22-9-10-26-17(13-22)15-5-3-2-4-6-15/h2-8,11,17,21H,9-10,12-13H2,1H3. The van der Waals surface area contributed by atoms with Crippen molar-refractivity contribution >= 4 is 27.5 Å². The van der Waals surface area contributed by atoms with Crippen molar-refractivity contribution in [3.63, 3.8) is 0 Å². The summed E-state index contributed by atoms with van der Waals surface area (Å²) in [7, 11) is -3.83. The van der Waals surface area contributed by atoms with Gasteiger partial charge in [0.05, 0.1) is 24.6 Å². The van der Waals surface area contributed by atoms with Gasteiger partial charge in [0.1, 0.15) is 6.10 Å². The normalized spacial score (nSPS) is 17.7. The maximum atomic E-state index is 12.5. The molecule has 0 radical (unpaired) electrons. The minimum absolute atomic E-state index is 0.0759. The lowest BCUT2D eigenvalue weighted by atomic mass is 10.1. The first-order valence-electron chi connectivity index (χ1n) is 8.57. The van der Waals surface area contributed by atoms with Crippen LogP contribution in [0.5, 0.6) is 0 Å². The Kier molecular flexibility index (Phi) is 6.16. The minimum atomic E-state index is -3.83. The van der Waals surface area contributed by atoms with Gasteiger partial charge in [-0.05, 0) is 30.2 Å². The summed E-state index contributed by atoms with van der Waals surface area (Å²) in [5, 5.41) is 0.325. The van der Waals surface area contributed by atoms with Crippen LogP contribution in [-0.2, 0) is 19.6 Å². The molecule has 0 saturated carbocycles. The number of sulfonamides is 1. The number of nitrogens with one attached hydrogen (secondary N) is 1. The first-order chi connectivity index (χ1) is 12.9. The Morgan fingerprint density at radius 3 is 2.74 bits per heavy atom. The first kappa shape index (κ1) is 19.8. The number of hydrogen-bond acceptors (Lipinski definition) is 4. The number of aryl methyl sites for hydroxylation is 1. The second-order valence-corrected chi connectivity index (χ2v) is 8.52. The summed E-state index contributed by atoms with van der Waals surface area (Å²) in [6.45, 7) is 2.60. The van der Waals surface area contributed by atoms with Crippen molar-refractivity contribution in [3.05, 3.63) is 64.7 Å². The maximum Gasteiger partial charge on any atom is 0.241 e. The predicted octanol–water partition coefficient (Wildman–Crippen LogP) is 2.53. The SMILES string of the molecule is Cc1ccc(Cl)cc1S(=O)(=O)NCC(=O)N1CCOC(c2ccccc2)C1. The van der Waals surface area contributed by atoms with Crippen LogP contribution in [0.25, 0.3) is 0 Å². The summed E-state index contributed by atoms with van der Waals surface area (Å²) in [5.74, 6) is -0.289. The van der Waals surface area contributed by atoms with Gasteiger partial charge in [0.2, 0.25) is 15.9 Å². The van der Waals surface area contributed by atoms with Crippen LogP contribution < -0.4 is 4.72 Å². The molecule has 1 saturated heterocycles. The lowest BCUT2D eigenvalue weighted by Crippen LogP contribution is -2.46. The fourth-order valence-corrected chi connectivity index (χ4v) is 4.43. The number of carbonyl (C=O) groups is 1. The van der Waals surface area contributed by atoms with E-state index in [1.165, 1.54) is 6.07 Å². The minimum Gasteiger partial charge on any atom is -0.370 e. The van der Waals surface area contributed by atoms with Crippen LogP contribution >= 0.6 is 11.6 Å². The van der Waals surface area contributed by atoms with Crippen molar-refractivity contribution in [1.82, 2.24) is 9.62 Å². The molecule has 0 spiro atoms. The molecule has 1 aliphatic rings. The van der Waals surface area contributed by atoms with Crippen LogP contribution in [0, 0.1) is 6.92 Å². The fraction of sp³-hybridized carbons (Fsp3) is 0.316. The van der Waals surface area contributed by atoms with Gasteiger partial charge < -0.3 is 9.64 Å². The number of rotatable bonds is 5. The van der Waals surface area contributed by atoms with Gasteiger partial charge >= 0.3 is 0 Å². The highest BCUT2D eigenvalue weighted by molar-refractivity contribution is 7.89. The van der Waals surface area contributed by atoms with Gasteiger partial charge in [0.15, 0.2) is 0 Å². The van der Waals surface area contributed by atoms with Crippen molar-refractivity contribution in [2.45, 2.75) is 17.9 Å². The molecule has 1 fully saturated rings. The number of amides is 1. The molecule has 8 heteroatoms. The average molecular weight is 409 g/mol. The number of nitrogens with zero attached hydrogens (tertiary/aromatic N) is 1. The molecule has 0 aliphatic carbocycles. The smallest absolute Gasteiger partial charge is 0.241 e. The molecule has 1 aliphatic heterocycles. The molecule has 3 rings (SSSR count). The predicted molar refractivity (Wildman–Crippen MR) is 103 cm³/mol. The number of carbonyl (C=O) groups excluding carboxylic acids is 1. The lowest BCUT2D eigenvalue weighted by molar-refractivity contribution is -0.137. The highest BCUT2D eigenvalue weighted by Gasteiger charge is 2.26. The van der Waals surface area contributed by atoms with Crippen molar-refractivity contribution in [2.24, 2.45) is 0 Å². The third-order valence-electron chi connectivity index (χ3n) is 4.44. The molecular weight excluding hydrogens is 388 g/mol. The van der Waals surface area contributed by atoms with E-state index in [0.717, 1.165) is 5.56 Å². The zero-order chi connectivity index (χ0) is 19.4. The van der Waals surface area contributed by atoms with E-state index in [4.69, 9.17) is 16.3 Å². The molecule has 2 aromatic rings. The van der Waals surface area contributed by atoms with Gasteiger partial charge in [-0.2, -0.15) is 0 Å². The molecule has 27 heavy (non-hydrogen) atoms. The van der Waals surface area contributed by atoms with E-state index < -0.39 is 10.0 Å². The van der Waals surface area contributed by atoms with Crippen molar-refractivity contribution in [1.29, 1.82) is 0 Å². The van der Waals surface area contributed by atoms with E-state index in [-0.39, 0.29) is 23.5 Å². The zero-order valence-corrected chi connectivity index (χ0v) is 16.5. The molecule has 1 unspecified atom stereocenters. The van der Waals surface area contributed by atoms with Gasteiger partial charge in [-0.25, -0.2) is 13.1 Å². The van der Waals surface area contributed by atoms with Gasteiger partial charge in [-0.3, -0.25) is 4.79 Å². The van der Waals surface area contributed by atoms with E-state index in [9.17, 15) is 13.2 Å². The zero-order valence-electron chi connectivity index (χ0n) is 14.9. The van der Waals surface area contributed by atoms with E-state index >= 15 is 0 Å². The van der Waals surface area contributed by atoms with E-state index in [1.54, 1.807) is 24.0 Å². The molecule has 1 N–H and O–H groups in total. The maximum absolute atomic E-state index is 12.5. The Morgan fingerprint density at radius 1 is 1.26 bits per heavy atom. The number of morpholine rings is 1. The Morgan fingerprint density at radius 2 is 2.00 bits per heavy atom. The van der Waals surface area contributed by atoms with E-state index in [0.29, 0.717) is 30.3 Å². The molecule has 1 atom stereocenters. The lowest BCUT2D eigenvalue weighted by Gasteiger charge is -2.33. The third-order valence-corrected chi connectivity index (χ3v) is 6.22. The average Bonchev–Trinajstić information content (AvgIpc) is 2.69. The van der Waals surface area contributed by atoms with Crippen molar-refractivity contribution in [3.8, 4) is 0 Å². The molecule has 0 aromatic heterocycles. The summed E-state index contributed by atoms with van der Waals surface area (Å²) in [4.78, 5) is 14.2. The van der Waals surface area contributed by atoms with Crippen LogP contribution in [0.3, 0.4) is 0 Å². The number of hydrogen-bond donors (Lipinski definition) is 1. The van der Waals surface area contributed by atoms with Gasteiger partial charge in [0.25, 0.3) is 0 Å². The van der Waals surface area contributed by atoms with E-state index in [1.807, 2.05) is 30.3 Å². The molecule has 1 heterocycles. The Bertz CT molecular complexity index is 919. The number of benzene rings is 2. The third kappa shape index (κ3) is 4.87. The monoisotopic (exact) mass is 408 g/mol. The van der Waals surface area contributed by atoms with Gasteiger partial charge in [-0.15, -0.1) is 0 Å². The summed E-state index contributed by atoms with van der Waals surface area (Å²) in [6.07, 6.45) is -0.212. The Labute approximate surface area is 164 Å². The highest BCUT2D eigenvalue weighted by Crippen LogP contribution is 2.22. The molecular formula is C19H21ClN2O4S. The molecule has 1 amide bonds. The second-order valence-electron chi connectivity index (χ2n) is 6.34. The quantitative estimate of drug-likeness (QED) is 0.824. The topological polar surface area (TPSA) is 75.7 Å². The molecule has 6 nitrogen and oxygen atoms in total. The fourth-order valence-electron chi connectivity index (χ4n) is 2.95. The Balaban J connectivity index is 1.64. The van der Waals surface area contributed by atoms with Crippen LogP contribution in [0.2, 0.25) is 5.02 Å². The van der Waals surface area contributed by atoms with Crippen LogP contribution in [-0.4, -0.2) is 45.5 Å². The van der Waals surface area contributed by atoms with Gasteiger partial charge in [0, 0.05) is 11.6 Å². The van der Waals surface area contributed by atoms with Crippen molar-refractivity contribution in [2.75, 3.05) is 26.2 Å². The highest BCUT2D eigenvalue weighted by atomic mass is 35.5.